The molecule has 3 aliphatic heterocycles. The molecule has 1 atom stereocenters. The maximum Gasteiger partial charge on any atom is 0.332 e. The lowest BCUT2D eigenvalue weighted by Crippen LogP contribution is -2.46. The molecule has 5 rings (SSSR count). The summed E-state index contributed by atoms with van der Waals surface area (Å²) in [6.07, 6.45) is 4.37. The summed E-state index contributed by atoms with van der Waals surface area (Å²) >= 11 is 0. The molecule has 2 bridgehead atoms. The van der Waals surface area contributed by atoms with Crippen molar-refractivity contribution in [2.45, 2.75) is 39.2 Å². The van der Waals surface area contributed by atoms with E-state index in [0.717, 1.165) is 23.7 Å². The van der Waals surface area contributed by atoms with Crippen LogP contribution >= 0.6 is 0 Å². The lowest BCUT2D eigenvalue weighted by molar-refractivity contribution is -0.385. The van der Waals surface area contributed by atoms with Gasteiger partial charge in [0.1, 0.15) is 5.69 Å². The number of hydrogen-bond donors (Lipinski definition) is 1. The van der Waals surface area contributed by atoms with Gasteiger partial charge in [0.2, 0.25) is 5.82 Å². The van der Waals surface area contributed by atoms with Crippen molar-refractivity contribution in [1.82, 2.24) is 19.9 Å². The predicted molar refractivity (Wildman–Crippen MR) is 108 cm³/mol. The fraction of sp³-hybridized carbons (Fsp3) is 0.550. The van der Waals surface area contributed by atoms with Crippen LogP contribution < -0.4 is 10.1 Å². The molecular weight excluding hydrogens is 372 g/mol. The highest BCUT2D eigenvalue weighted by molar-refractivity contribution is 5.59. The Morgan fingerprint density at radius 1 is 1.31 bits per heavy atom. The number of aryl methyl sites for hydroxylation is 1. The number of nitro groups is 1. The van der Waals surface area contributed by atoms with Gasteiger partial charge >= 0.3 is 11.7 Å². The number of fused-ring (bicyclic) bond motifs is 3. The first kappa shape index (κ1) is 19.5. The molecule has 2 aromatic heterocycles. The van der Waals surface area contributed by atoms with Gasteiger partial charge in [0.15, 0.2) is 0 Å². The highest BCUT2D eigenvalue weighted by Gasteiger charge is 2.35. The van der Waals surface area contributed by atoms with Crippen molar-refractivity contribution in [2.75, 3.05) is 31.6 Å². The number of nitrogens with zero attached hydrogens (tertiary/aromatic N) is 5. The number of pyridine rings is 1. The van der Waals surface area contributed by atoms with Gasteiger partial charge in [-0.25, -0.2) is 0 Å². The van der Waals surface area contributed by atoms with Crippen LogP contribution in [0.1, 0.15) is 42.6 Å². The summed E-state index contributed by atoms with van der Waals surface area (Å²) in [5.41, 5.74) is 2.22. The van der Waals surface area contributed by atoms with Crippen molar-refractivity contribution in [3.8, 4) is 6.01 Å². The second-order valence-electron chi connectivity index (χ2n) is 7.67. The lowest BCUT2D eigenvalue weighted by Gasteiger charge is -2.44. The zero-order valence-electron chi connectivity index (χ0n) is 16.8. The molecule has 0 aliphatic carbocycles. The van der Waals surface area contributed by atoms with Crippen LogP contribution in [0.25, 0.3) is 0 Å². The zero-order chi connectivity index (χ0) is 20.4. The van der Waals surface area contributed by atoms with E-state index in [1.54, 1.807) is 6.92 Å². The molecule has 1 N–H and O–H groups in total. The summed E-state index contributed by atoms with van der Waals surface area (Å²) in [6.45, 7) is 7.70. The summed E-state index contributed by atoms with van der Waals surface area (Å²) in [6, 6.07) is 4.26. The first-order chi connectivity index (χ1) is 14.0. The molecule has 29 heavy (non-hydrogen) atoms. The fourth-order valence-corrected chi connectivity index (χ4v) is 4.32. The van der Waals surface area contributed by atoms with E-state index < -0.39 is 4.92 Å². The summed E-state index contributed by atoms with van der Waals surface area (Å²) in [4.78, 5) is 26.4. The average molecular weight is 398 g/mol. The third kappa shape index (κ3) is 4.14. The highest BCUT2D eigenvalue weighted by Crippen LogP contribution is 2.38. The number of hydrogen-bond acceptors (Lipinski definition) is 8. The van der Waals surface area contributed by atoms with Crippen LogP contribution in [-0.2, 0) is 6.54 Å². The van der Waals surface area contributed by atoms with Gasteiger partial charge < -0.3 is 15.0 Å². The van der Waals surface area contributed by atoms with Crippen molar-refractivity contribution in [3.63, 3.8) is 0 Å². The molecule has 0 radical (unpaired) electrons. The number of rotatable bonds is 7. The van der Waals surface area contributed by atoms with E-state index in [-0.39, 0.29) is 23.2 Å². The van der Waals surface area contributed by atoms with E-state index in [1.165, 1.54) is 25.9 Å². The van der Waals surface area contributed by atoms with Gasteiger partial charge in [-0.3, -0.25) is 15.1 Å². The zero-order valence-corrected chi connectivity index (χ0v) is 16.8. The van der Waals surface area contributed by atoms with Gasteiger partial charge in [0.05, 0.1) is 11.5 Å². The molecule has 0 saturated carbocycles. The smallest absolute Gasteiger partial charge is 0.332 e. The van der Waals surface area contributed by atoms with Gasteiger partial charge in [-0.1, -0.05) is 6.07 Å². The third-order valence-electron chi connectivity index (χ3n) is 5.84. The summed E-state index contributed by atoms with van der Waals surface area (Å²) < 4.78 is 5.32. The molecule has 9 heteroatoms. The number of piperidine rings is 3. The molecule has 0 aromatic carbocycles. The molecule has 2 aromatic rings. The van der Waals surface area contributed by atoms with Crippen LogP contribution in [0.15, 0.2) is 18.3 Å². The first-order valence-corrected chi connectivity index (χ1v) is 10.1. The van der Waals surface area contributed by atoms with Gasteiger partial charge in [-0.15, -0.1) is 0 Å². The minimum Gasteiger partial charge on any atom is -0.464 e. The monoisotopic (exact) mass is 398 g/mol. The average Bonchev–Trinajstić information content (AvgIpc) is 2.73. The molecule has 9 nitrogen and oxygen atoms in total. The van der Waals surface area contributed by atoms with E-state index in [2.05, 4.69) is 26.3 Å². The van der Waals surface area contributed by atoms with Crippen LogP contribution in [0, 0.1) is 23.0 Å². The van der Waals surface area contributed by atoms with E-state index in [4.69, 9.17) is 9.72 Å². The minimum absolute atomic E-state index is 0.133. The van der Waals surface area contributed by atoms with Crippen LogP contribution in [0.4, 0.5) is 11.5 Å². The van der Waals surface area contributed by atoms with Crippen molar-refractivity contribution >= 4 is 11.5 Å². The minimum atomic E-state index is -0.470. The van der Waals surface area contributed by atoms with Crippen LogP contribution in [0.3, 0.4) is 0 Å². The van der Waals surface area contributed by atoms with E-state index in [1.807, 2.05) is 19.2 Å². The molecule has 1 unspecified atom stereocenters. The molecule has 0 spiro atoms. The number of aromatic nitrogens is 3. The Bertz CT molecular complexity index is 881. The van der Waals surface area contributed by atoms with E-state index >= 15 is 0 Å². The molecule has 154 valence electrons. The van der Waals surface area contributed by atoms with Gasteiger partial charge in [-0.2, -0.15) is 9.97 Å². The molecule has 3 aliphatic rings. The quantitative estimate of drug-likeness (QED) is 0.560. The van der Waals surface area contributed by atoms with E-state index in [9.17, 15) is 10.1 Å². The van der Waals surface area contributed by atoms with E-state index in [0.29, 0.717) is 19.1 Å². The SMILES string of the molecule is CCOc1nc(C)c([N+](=O)[O-])c(NCc2ccc(C3CN4CCC3CC4)nc2)n1. The Labute approximate surface area is 169 Å². The molecule has 3 saturated heterocycles. The Morgan fingerprint density at radius 2 is 2.10 bits per heavy atom. The van der Waals surface area contributed by atoms with Crippen LogP contribution in [0.2, 0.25) is 0 Å². The Hall–Kier alpha value is -2.81. The molecule has 3 fully saturated rings. The fourth-order valence-electron chi connectivity index (χ4n) is 4.32. The molecule has 0 amide bonds. The largest absolute Gasteiger partial charge is 0.464 e. The third-order valence-corrected chi connectivity index (χ3v) is 5.84. The van der Waals surface area contributed by atoms with Gasteiger partial charge in [0.25, 0.3) is 0 Å². The number of anilines is 1. The van der Waals surface area contributed by atoms with Crippen LogP contribution in [0.5, 0.6) is 6.01 Å². The normalized spacial score (nSPS) is 23.0. The maximum absolute atomic E-state index is 11.4. The molecule has 5 heterocycles. The second-order valence-corrected chi connectivity index (χ2v) is 7.67. The Balaban J connectivity index is 1.47. The Morgan fingerprint density at radius 3 is 2.69 bits per heavy atom. The summed E-state index contributed by atoms with van der Waals surface area (Å²) in [7, 11) is 0. The van der Waals surface area contributed by atoms with Crippen molar-refractivity contribution < 1.29 is 9.66 Å². The lowest BCUT2D eigenvalue weighted by atomic mass is 9.77. The second kappa shape index (κ2) is 8.28. The van der Waals surface area contributed by atoms with Gasteiger partial charge in [-0.05, 0) is 57.3 Å². The first-order valence-electron chi connectivity index (χ1n) is 10.1. The summed E-state index contributed by atoms with van der Waals surface area (Å²) in [5, 5.41) is 14.5. The predicted octanol–water partition coefficient (Wildman–Crippen LogP) is 2.91. The van der Waals surface area contributed by atoms with Crippen molar-refractivity contribution in [1.29, 1.82) is 0 Å². The van der Waals surface area contributed by atoms with Gasteiger partial charge in [0, 0.05) is 30.9 Å². The molecular formula is C20H26N6O3. The van der Waals surface area contributed by atoms with Crippen molar-refractivity contribution in [3.05, 3.63) is 45.4 Å². The highest BCUT2D eigenvalue weighted by atomic mass is 16.6. The number of nitrogens with one attached hydrogen (secondary N) is 1. The van der Waals surface area contributed by atoms with Crippen LogP contribution in [-0.4, -0.2) is 51.0 Å². The standard InChI is InChI=1S/C20H26N6O3/c1-3-29-20-23-13(2)18(26(27)28)19(24-20)22-11-14-4-5-17(21-10-14)16-12-25-8-6-15(16)7-9-25/h4-5,10,15-16H,3,6-9,11-12H2,1-2H3,(H,22,23,24). The Kier molecular flexibility index (Phi) is 5.57. The summed E-state index contributed by atoms with van der Waals surface area (Å²) in [5.74, 6) is 1.41. The van der Waals surface area contributed by atoms with Crippen molar-refractivity contribution in [2.24, 2.45) is 5.92 Å². The number of ether oxygens (including phenoxy) is 1. The topological polar surface area (TPSA) is 106 Å². The maximum atomic E-state index is 11.4.